The molecule has 0 unspecified atom stereocenters. The zero-order valence-electron chi connectivity index (χ0n) is 14.6. The van der Waals surface area contributed by atoms with Gasteiger partial charge in [0.15, 0.2) is 9.84 Å². The molecule has 1 aromatic heterocycles. The molecule has 4 nitrogen and oxygen atoms in total. The van der Waals surface area contributed by atoms with E-state index in [-0.39, 0.29) is 26.4 Å². The molecule has 0 atom stereocenters. The van der Waals surface area contributed by atoms with Crippen LogP contribution in [0.5, 0.6) is 0 Å². The van der Waals surface area contributed by atoms with Crippen LogP contribution < -0.4 is 0 Å². The molecular weight excluding hydrogens is 429 g/mol. The van der Waals surface area contributed by atoms with Gasteiger partial charge in [0, 0.05) is 22.4 Å². The van der Waals surface area contributed by atoms with E-state index >= 15 is 0 Å². The van der Waals surface area contributed by atoms with E-state index in [4.69, 9.17) is 34.8 Å². The maximum Gasteiger partial charge on any atom is 0.264 e. The van der Waals surface area contributed by atoms with Gasteiger partial charge in [-0.1, -0.05) is 48.1 Å². The average Bonchev–Trinajstić information content (AvgIpc) is 2.94. The second-order valence-corrected chi connectivity index (χ2v) is 9.51. The Kier molecular flexibility index (Phi) is 5.59. The summed E-state index contributed by atoms with van der Waals surface area (Å²) in [4.78, 5) is 13.5. The van der Waals surface area contributed by atoms with Crippen molar-refractivity contribution >= 4 is 61.5 Å². The standard InChI is InChI=1S/C19H16Cl3NO3S/c1-3-4-13-7-11-8-14(27(2,25)26)5-6-17(11)23(13)19(24)15-9-12(20)10-16(21)18(15)22/h5-10H,3-4H2,1-2H3. The number of fused-ring (bicyclic) bond motifs is 1. The molecule has 1 heterocycles. The Morgan fingerprint density at radius 3 is 2.41 bits per heavy atom. The van der Waals surface area contributed by atoms with E-state index in [2.05, 4.69) is 0 Å². The Morgan fingerprint density at radius 2 is 1.78 bits per heavy atom. The van der Waals surface area contributed by atoms with Gasteiger partial charge < -0.3 is 0 Å². The fourth-order valence-electron chi connectivity index (χ4n) is 2.99. The fourth-order valence-corrected chi connectivity index (χ4v) is 4.33. The highest BCUT2D eigenvalue weighted by Crippen LogP contribution is 2.32. The number of carbonyl (C=O) groups excluding carboxylic acids is 1. The Morgan fingerprint density at radius 1 is 1.07 bits per heavy atom. The molecule has 0 saturated heterocycles. The van der Waals surface area contributed by atoms with Crippen molar-refractivity contribution in [3.63, 3.8) is 0 Å². The van der Waals surface area contributed by atoms with Crippen LogP contribution in [0, 0.1) is 0 Å². The van der Waals surface area contributed by atoms with Crippen molar-refractivity contribution in [1.82, 2.24) is 4.57 Å². The van der Waals surface area contributed by atoms with Crippen molar-refractivity contribution in [2.45, 2.75) is 24.7 Å². The lowest BCUT2D eigenvalue weighted by Gasteiger charge is -2.12. The number of nitrogens with zero attached hydrogens (tertiary/aromatic N) is 1. The lowest BCUT2D eigenvalue weighted by molar-refractivity contribution is 0.0962. The molecule has 0 aliphatic heterocycles. The molecule has 0 spiro atoms. The Balaban J connectivity index is 2.26. The molecule has 0 fully saturated rings. The summed E-state index contributed by atoms with van der Waals surface area (Å²) in [6.45, 7) is 2.00. The van der Waals surface area contributed by atoms with E-state index in [1.807, 2.05) is 13.0 Å². The molecule has 0 aliphatic carbocycles. The highest BCUT2D eigenvalue weighted by atomic mass is 35.5. The summed E-state index contributed by atoms with van der Waals surface area (Å²) in [6, 6.07) is 9.46. The monoisotopic (exact) mass is 443 g/mol. The predicted molar refractivity (Wildman–Crippen MR) is 110 cm³/mol. The first-order chi connectivity index (χ1) is 12.6. The fraction of sp³-hybridized carbons (Fsp3) is 0.211. The predicted octanol–water partition coefficient (Wildman–Crippen LogP) is 5.65. The first-order valence-electron chi connectivity index (χ1n) is 8.17. The molecule has 142 valence electrons. The summed E-state index contributed by atoms with van der Waals surface area (Å²) in [6.07, 6.45) is 2.60. The largest absolute Gasteiger partial charge is 0.280 e. The van der Waals surface area contributed by atoms with Gasteiger partial charge in [-0.3, -0.25) is 9.36 Å². The Bertz CT molecular complexity index is 1170. The molecule has 27 heavy (non-hydrogen) atoms. The maximum absolute atomic E-state index is 13.3. The second kappa shape index (κ2) is 7.47. The molecule has 0 saturated carbocycles. The minimum absolute atomic E-state index is 0.128. The lowest BCUT2D eigenvalue weighted by Crippen LogP contribution is -2.15. The Labute approximate surface area is 172 Å². The smallest absolute Gasteiger partial charge is 0.264 e. The van der Waals surface area contributed by atoms with Gasteiger partial charge in [0.1, 0.15) is 0 Å². The third-order valence-electron chi connectivity index (χ3n) is 4.21. The van der Waals surface area contributed by atoms with E-state index in [0.29, 0.717) is 22.3 Å². The molecule has 0 amide bonds. The number of sulfone groups is 1. The highest BCUT2D eigenvalue weighted by Gasteiger charge is 2.21. The van der Waals surface area contributed by atoms with Crippen molar-refractivity contribution in [1.29, 1.82) is 0 Å². The van der Waals surface area contributed by atoms with Crippen molar-refractivity contribution in [2.75, 3.05) is 6.26 Å². The molecular formula is C19H16Cl3NO3S. The zero-order chi connectivity index (χ0) is 19.9. The van der Waals surface area contributed by atoms with Crippen LogP contribution in [0.15, 0.2) is 41.3 Å². The summed E-state index contributed by atoms with van der Waals surface area (Å²) in [7, 11) is -3.35. The summed E-state index contributed by atoms with van der Waals surface area (Å²) >= 11 is 18.4. The number of benzene rings is 2. The van der Waals surface area contributed by atoms with Crippen LogP contribution in [0.1, 0.15) is 29.4 Å². The number of halogens is 3. The van der Waals surface area contributed by atoms with E-state index < -0.39 is 9.84 Å². The quantitative estimate of drug-likeness (QED) is 0.489. The van der Waals surface area contributed by atoms with Gasteiger partial charge in [-0.15, -0.1) is 0 Å². The molecule has 3 aromatic rings. The molecule has 2 aromatic carbocycles. The molecule has 0 radical (unpaired) electrons. The van der Waals surface area contributed by atoms with Crippen molar-refractivity contribution in [2.24, 2.45) is 0 Å². The number of aromatic nitrogens is 1. The molecule has 0 N–H and O–H groups in total. The minimum atomic E-state index is -3.35. The average molecular weight is 445 g/mol. The van der Waals surface area contributed by atoms with E-state index in [1.54, 1.807) is 16.7 Å². The molecule has 8 heteroatoms. The van der Waals surface area contributed by atoms with E-state index in [0.717, 1.165) is 18.4 Å². The topological polar surface area (TPSA) is 56.1 Å². The van der Waals surface area contributed by atoms with Crippen LogP contribution in [0.2, 0.25) is 15.1 Å². The summed E-state index contributed by atoms with van der Waals surface area (Å²) in [5.41, 5.74) is 1.55. The van der Waals surface area contributed by atoms with Crippen LogP contribution in [0.25, 0.3) is 10.9 Å². The van der Waals surface area contributed by atoms with Crippen molar-refractivity contribution < 1.29 is 13.2 Å². The van der Waals surface area contributed by atoms with Gasteiger partial charge in [0.25, 0.3) is 5.91 Å². The molecule has 0 aliphatic rings. The second-order valence-electron chi connectivity index (χ2n) is 6.27. The van der Waals surface area contributed by atoms with Crippen molar-refractivity contribution in [3.8, 4) is 0 Å². The first-order valence-corrected chi connectivity index (χ1v) is 11.2. The van der Waals surface area contributed by atoms with Gasteiger partial charge in [0.2, 0.25) is 0 Å². The van der Waals surface area contributed by atoms with Gasteiger partial charge in [-0.05, 0) is 42.8 Å². The van der Waals surface area contributed by atoms with Crippen molar-refractivity contribution in [3.05, 3.63) is 62.7 Å². The van der Waals surface area contributed by atoms with Crippen LogP contribution in [0.3, 0.4) is 0 Å². The molecule has 3 rings (SSSR count). The summed E-state index contributed by atoms with van der Waals surface area (Å²) < 4.78 is 25.2. The van der Waals surface area contributed by atoms with E-state index in [1.165, 1.54) is 18.2 Å². The normalized spacial score (nSPS) is 11.9. The van der Waals surface area contributed by atoms with Gasteiger partial charge >= 0.3 is 0 Å². The van der Waals surface area contributed by atoms with Gasteiger partial charge in [0.05, 0.1) is 26.0 Å². The number of rotatable bonds is 4. The van der Waals surface area contributed by atoms with Crippen LogP contribution in [0.4, 0.5) is 0 Å². The lowest BCUT2D eigenvalue weighted by atomic mass is 10.2. The summed E-state index contributed by atoms with van der Waals surface area (Å²) in [5, 5.41) is 1.29. The maximum atomic E-state index is 13.3. The number of hydrogen-bond acceptors (Lipinski definition) is 3. The van der Waals surface area contributed by atoms with Crippen LogP contribution >= 0.6 is 34.8 Å². The van der Waals surface area contributed by atoms with Gasteiger partial charge in [-0.2, -0.15) is 0 Å². The minimum Gasteiger partial charge on any atom is -0.280 e. The highest BCUT2D eigenvalue weighted by molar-refractivity contribution is 7.90. The van der Waals surface area contributed by atoms with Gasteiger partial charge in [-0.25, -0.2) is 8.42 Å². The number of carbonyl (C=O) groups is 1. The number of hydrogen-bond donors (Lipinski definition) is 0. The van der Waals surface area contributed by atoms with E-state index in [9.17, 15) is 13.2 Å². The third-order valence-corrected chi connectivity index (χ3v) is 6.34. The SMILES string of the molecule is CCCc1cc2cc(S(C)(=O)=O)ccc2n1C(=O)c1cc(Cl)cc(Cl)c1Cl. The first kappa shape index (κ1) is 20.2. The van der Waals surface area contributed by atoms with Crippen LogP contribution in [-0.2, 0) is 16.3 Å². The van der Waals surface area contributed by atoms with Crippen LogP contribution in [-0.4, -0.2) is 25.1 Å². The molecule has 0 bridgehead atoms. The zero-order valence-corrected chi connectivity index (χ0v) is 17.7. The Hall–Kier alpha value is -1.53. The third kappa shape index (κ3) is 3.87. The number of aryl methyl sites for hydroxylation is 1. The summed E-state index contributed by atoms with van der Waals surface area (Å²) in [5.74, 6) is -0.366.